The molecule has 0 atom stereocenters. The monoisotopic (exact) mass is 422 g/mol. The molecule has 1 aliphatic carbocycles. The lowest BCUT2D eigenvalue weighted by Gasteiger charge is -2.12. The zero-order valence-corrected chi connectivity index (χ0v) is 17.7. The number of aryl methyl sites for hydroxylation is 1. The van der Waals surface area contributed by atoms with Crippen molar-refractivity contribution in [2.75, 3.05) is 17.2 Å². The fourth-order valence-electron chi connectivity index (χ4n) is 3.23. The molecule has 3 rings (SSSR count). The third-order valence-electron chi connectivity index (χ3n) is 4.48. The van der Waals surface area contributed by atoms with Crippen LogP contribution in [0.15, 0.2) is 24.3 Å². The molecule has 0 fully saturated rings. The van der Waals surface area contributed by atoms with Crippen LogP contribution in [0.2, 0.25) is 5.02 Å². The van der Waals surface area contributed by atoms with Gasteiger partial charge in [0.2, 0.25) is 0 Å². The molecule has 1 aliphatic rings. The van der Waals surface area contributed by atoms with E-state index >= 15 is 0 Å². The molecule has 0 radical (unpaired) electrons. The lowest BCUT2D eigenvalue weighted by atomic mass is 9.96. The average molecular weight is 423 g/mol. The number of esters is 1. The number of carbonyl (C=O) groups excluding carboxylic acids is 1. The van der Waals surface area contributed by atoms with E-state index in [9.17, 15) is 4.79 Å². The van der Waals surface area contributed by atoms with Crippen molar-refractivity contribution in [2.45, 2.75) is 45.4 Å². The van der Waals surface area contributed by atoms with Crippen molar-refractivity contribution in [3.8, 4) is 0 Å². The first-order valence-corrected chi connectivity index (χ1v) is 10.8. The highest BCUT2D eigenvalue weighted by Crippen LogP contribution is 2.37. The number of halogens is 1. The van der Waals surface area contributed by atoms with Crippen molar-refractivity contribution in [1.82, 2.24) is 0 Å². The largest absolute Gasteiger partial charge is 0.462 e. The second-order valence-electron chi connectivity index (χ2n) is 6.43. The van der Waals surface area contributed by atoms with Gasteiger partial charge in [-0.05, 0) is 74.7 Å². The summed E-state index contributed by atoms with van der Waals surface area (Å²) < 4.78 is 5.33. The minimum Gasteiger partial charge on any atom is -0.462 e. The number of thiophene rings is 1. The van der Waals surface area contributed by atoms with Gasteiger partial charge in [0.1, 0.15) is 5.00 Å². The van der Waals surface area contributed by atoms with Gasteiger partial charge in [-0.25, -0.2) is 4.79 Å². The van der Waals surface area contributed by atoms with Crippen LogP contribution in [0.25, 0.3) is 0 Å². The fourth-order valence-corrected chi connectivity index (χ4v) is 4.92. The Morgan fingerprint density at radius 2 is 1.85 bits per heavy atom. The Labute approximate surface area is 174 Å². The smallest absolute Gasteiger partial charge is 0.341 e. The van der Waals surface area contributed by atoms with E-state index in [1.165, 1.54) is 17.7 Å². The van der Waals surface area contributed by atoms with Crippen LogP contribution in [-0.2, 0) is 17.6 Å². The van der Waals surface area contributed by atoms with Crippen LogP contribution in [0.3, 0.4) is 0 Å². The number of carbonyl (C=O) groups is 1. The number of ether oxygens (including phenoxy) is 1. The fraction of sp³-hybridized carbons (Fsp3) is 0.400. The number of rotatable bonds is 4. The Balaban J connectivity index is 1.84. The molecule has 1 heterocycles. The van der Waals surface area contributed by atoms with E-state index in [1.807, 2.05) is 19.1 Å². The maximum absolute atomic E-state index is 12.6. The Hall–Kier alpha value is -1.63. The van der Waals surface area contributed by atoms with E-state index in [0.717, 1.165) is 41.9 Å². The minimum atomic E-state index is -0.271. The number of fused-ring (bicyclic) bond motifs is 1. The normalized spacial score (nSPS) is 13.9. The number of thiocarbonyl (C=S) groups is 1. The minimum absolute atomic E-state index is 0.271. The summed E-state index contributed by atoms with van der Waals surface area (Å²) in [6.07, 6.45) is 6.62. The van der Waals surface area contributed by atoms with Crippen molar-refractivity contribution >= 4 is 56.9 Å². The van der Waals surface area contributed by atoms with Crippen molar-refractivity contribution in [2.24, 2.45) is 0 Å². The van der Waals surface area contributed by atoms with Gasteiger partial charge in [-0.2, -0.15) is 0 Å². The van der Waals surface area contributed by atoms with Gasteiger partial charge in [0.25, 0.3) is 0 Å². The SMILES string of the molecule is CCOC(=O)c1c(NC(=S)Nc2ccc(Cl)cc2)sc2c1CCCCCC2. The average Bonchev–Trinajstić information content (AvgIpc) is 2.93. The topological polar surface area (TPSA) is 50.4 Å². The van der Waals surface area contributed by atoms with Gasteiger partial charge in [-0.3, -0.25) is 0 Å². The molecule has 2 aromatic rings. The molecule has 1 aromatic heterocycles. The van der Waals surface area contributed by atoms with Crippen LogP contribution in [0.5, 0.6) is 0 Å². The summed E-state index contributed by atoms with van der Waals surface area (Å²) in [7, 11) is 0. The van der Waals surface area contributed by atoms with E-state index in [1.54, 1.807) is 23.5 Å². The van der Waals surface area contributed by atoms with Crippen LogP contribution in [0.4, 0.5) is 10.7 Å². The molecule has 0 saturated carbocycles. The van der Waals surface area contributed by atoms with Crippen LogP contribution < -0.4 is 10.6 Å². The van der Waals surface area contributed by atoms with Gasteiger partial charge in [0.05, 0.1) is 12.2 Å². The molecule has 144 valence electrons. The number of hydrogen-bond acceptors (Lipinski definition) is 4. The van der Waals surface area contributed by atoms with E-state index in [0.29, 0.717) is 22.3 Å². The lowest BCUT2D eigenvalue weighted by molar-refractivity contribution is 0.0526. The molecule has 0 spiro atoms. The Morgan fingerprint density at radius 3 is 2.56 bits per heavy atom. The summed E-state index contributed by atoms with van der Waals surface area (Å²) in [5, 5.41) is 8.23. The van der Waals surface area contributed by atoms with Gasteiger partial charge in [0.15, 0.2) is 5.11 Å². The molecule has 2 N–H and O–H groups in total. The highest BCUT2D eigenvalue weighted by atomic mass is 35.5. The maximum atomic E-state index is 12.6. The molecule has 1 aromatic carbocycles. The Bertz CT molecular complexity index is 818. The van der Waals surface area contributed by atoms with Crippen molar-refractivity contribution in [1.29, 1.82) is 0 Å². The van der Waals surface area contributed by atoms with Crippen LogP contribution in [0.1, 0.15) is 53.4 Å². The number of hydrogen-bond donors (Lipinski definition) is 2. The Kier molecular flexibility index (Phi) is 7.10. The van der Waals surface area contributed by atoms with E-state index in [2.05, 4.69) is 10.6 Å². The van der Waals surface area contributed by atoms with Crippen molar-refractivity contribution in [3.63, 3.8) is 0 Å². The van der Waals surface area contributed by atoms with Gasteiger partial charge >= 0.3 is 5.97 Å². The molecule has 0 unspecified atom stereocenters. The standard InChI is InChI=1S/C20H23ClN2O2S2/c1-2-25-19(24)17-15-7-5-3-4-6-8-16(15)27-18(17)23-20(26)22-14-11-9-13(21)10-12-14/h9-12H,2-8H2,1H3,(H2,22,23,26). The highest BCUT2D eigenvalue weighted by molar-refractivity contribution is 7.80. The molecule has 7 heteroatoms. The number of anilines is 2. The first-order chi connectivity index (χ1) is 13.1. The predicted molar refractivity (Wildman–Crippen MR) is 117 cm³/mol. The Morgan fingerprint density at radius 1 is 1.15 bits per heavy atom. The van der Waals surface area contributed by atoms with Crippen molar-refractivity contribution in [3.05, 3.63) is 45.3 Å². The van der Waals surface area contributed by atoms with Gasteiger partial charge in [-0.1, -0.05) is 24.4 Å². The third-order valence-corrected chi connectivity index (χ3v) is 6.14. The molecule has 0 aliphatic heterocycles. The summed E-state index contributed by atoms with van der Waals surface area (Å²) in [5.74, 6) is -0.271. The molecule has 0 bridgehead atoms. The van der Waals surface area contributed by atoms with Gasteiger partial charge in [0, 0.05) is 15.6 Å². The van der Waals surface area contributed by atoms with Gasteiger partial charge < -0.3 is 15.4 Å². The second-order valence-corrected chi connectivity index (χ2v) is 8.38. The van der Waals surface area contributed by atoms with Crippen LogP contribution >= 0.6 is 35.2 Å². The quantitative estimate of drug-likeness (QED) is 0.464. The lowest BCUT2D eigenvalue weighted by Crippen LogP contribution is -2.20. The zero-order chi connectivity index (χ0) is 19.2. The van der Waals surface area contributed by atoms with Gasteiger partial charge in [-0.15, -0.1) is 11.3 Å². The first-order valence-electron chi connectivity index (χ1n) is 9.23. The van der Waals surface area contributed by atoms with Crippen LogP contribution in [-0.4, -0.2) is 17.7 Å². The van der Waals surface area contributed by atoms with Crippen LogP contribution in [0, 0.1) is 0 Å². The second kappa shape index (κ2) is 9.53. The highest BCUT2D eigenvalue weighted by Gasteiger charge is 2.25. The molecular formula is C20H23ClN2O2S2. The molecular weight excluding hydrogens is 400 g/mol. The summed E-state index contributed by atoms with van der Waals surface area (Å²) in [6, 6.07) is 7.31. The van der Waals surface area contributed by atoms with E-state index in [-0.39, 0.29) is 5.97 Å². The number of nitrogens with one attached hydrogen (secondary N) is 2. The molecule has 27 heavy (non-hydrogen) atoms. The number of benzene rings is 1. The predicted octanol–water partition coefficient (Wildman–Crippen LogP) is 6.05. The van der Waals surface area contributed by atoms with E-state index in [4.69, 9.17) is 28.6 Å². The molecule has 0 amide bonds. The summed E-state index contributed by atoms with van der Waals surface area (Å²) in [6.45, 7) is 2.18. The summed E-state index contributed by atoms with van der Waals surface area (Å²) >= 11 is 13.0. The summed E-state index contributed by atoms with van der Waals surface area (Å²) in [4.78, 5) is 13.9. The van der Waals surface area contributed by atoms with E-state index < -0.39 is 0 Å². The maximum Gasteiger partial charge on any atom is 0.341 e. The molecule has 4 nitrogen and oxygen atoms in total. The van der Waals surface area contributed by atoms with Crippen molar-refractivity contribution < 1.29 is 9.53 Å². The molecule has 0 saturated heterocycles. The third kappa shape index (κ3) is 5.21. The summed E-state index contributed by atoms with van der Waals surface area (Å²) in [5.41, 5.74) is 2.62. The zero-order valence-electron chi connectivity index (χ0n) is 15.3. The first kappa shape index (κ1) is 20.1.